The summed E-state index contributed by atoms with van der Waals surface area (Å²) in [6, 6.07) is 17.6. The first-order valence-corrected chi connectivity index (χ1v) is 8.97. The number of carbonyl (C=O) groups is 1. The summed E-state index contributed by atoms with van der Waals surface area (Å²) in [7, 11) is 0. The van der Waals surface area contributed by atoms with Crippen molar-refractivity contribution in [1.29, 1.82) is 5.26 Å². The Bertz CT molecular complexity index is 728. The lowest BCUT2D eigenvalue weighted by atomic mass is 9.92. The highest BCUT2D eigenvalue weighted by Crippen LogP contribution is 2.25. The summed E-state index contributed by atoms with van der Waals surface area (Å²) in [6.45, 7) is 2.15. The van der Waals surface area contributed by atoms with Gasteiger partial charge in [0.2, 0.25) is 0 Å². The van der Waals surface area contributed by atoms with E-state index in [2.05, 4.69) is 13.0 Å². The van der Waals surface area contributed by atoms with Gasteiger partial charge in [-0.15, -0.1) is 0 Å². The fraction of sp³-hybridized carbons (Fsp3) is 0.364. The SMILES string of the molecule is CCCCCCC(Cc1ccc(-c2ccccc2C#N)cc1)C(=O)O. The predicted octanol–water partition coefficient (Wildman–Crippen LogP) is 5.44. The molecule has 0 amide bonds. The normalized spacial score (nSPS) is 11.7. The Labute approximate surface area is 149 Å². The van der Waals surface area contributed by atoms with Crippen LogP contribution in [0.5, 0.6) is 0 Å². The van der Waals surface area contributed by atoms with Crippen LogP contribution in [0.2, 0.25) is 0 Å². The molecule has 0 bridgehead atoms. The number of nitriles is 1. The summed E-state index contributed by atoms with van der Waals surface area (Å²) in [4.78, 5) is 11.5. The van der Waals surface area contributed by atoms with Gasteiger partial charge in [0.25, 0.3) is 0 Å². The van der Waals surface area contributed by atoms with Crippen LogP contribution in [0.25, 0.3) is 11.1 Å². The average Bonchev–Trinajstić information content (AvgIpc) is 2.64. The molecular formula is C22H25NO2. The maximum atomic E-state index is 11.5. The first kappa shape index (κ1) is 18.7. The molecule has 1 unspecified atom stereocenters. The molecule has 3 nitrogen and oxygen atoms in total. The molecule has 0 aliphatic rings. The van der Waals surface area contributed by atoms with Gasteiger partial charge in [0, 0.05) is 0 Å². The van der Waals surface area contributed by atoms with Crippen molar-refractivity contribution >= 4 is 5.97 Å². The Morgan fingerprint density at radius 2 is 1.80 bits per heavy atom. The van der Waals surface area contributed by atoms with Gasteiger partial charge in [0.05, 0.1) is 17.6 Å². The van der Waals surface area contributed by atoms with E-state index in [-0.39, 0.29) is 5.92 Å². The van der Waals surface area contributed by atoms with Gasteiger partial charge < -0.3 is 5.11 Å². The van der Waals surface area contributed by atoms with Crippen LogP contribution in [0.1, 0.15) is 50.2 Å². The van der Waals surface area contributed by atoms with Crippen molar-refractivity contribution in [3.63, 3.8) is 0 Å². The van der Waals surface area contributed by atoms with E-state index in [1.54, 1.807) is 6.07 Å². The maximum Gasteiger partial charge on any atom is 0.306 e. The lowest BCUT2D eigenvalue weighted by Gasteiger charge is -2.13. The van der Waals surface area contributed by atoms with Crippen molar-refractivity contribution in [3.05, 3.63) is 59.7 Å². The van der Waals surface area contributed by atoms with E-state index in [4.69, 9.17) is 0 Å². The van der Waals surface area contributed by atoms with Gasteiger partial charge in [0.15, 0.2) is 0 Å². The Morgan fingerprint density at radius 1 is 1.08 bits per heavy atom. The van der Waals surface area contributed by atoms with Crippen LogP contribution < -0.4 is 0 Å². The molecule has 0 aliphatic carbocycles. The zero-order chi connectivity index (χ0) is 18.1. The second-order valence-corrected chi connectivity index (χ2v) is 6.44. The van der Waals surface area contributed by atoms with Gasteiger partial charge in [-0.1, -0.05) is 75.1 Å². The molecule has 0 aromatic heterocycles. The molecule has 0 heterocycles. The first-order valence-electron chi connectivity index (χ1n) is 8.97. The minimum atomic E-state index is -0.713. The molecule has 0 aliphatic heterocycles. The van der Waals surface area contributed by atoms with E-state index in [1.807, 2.05) is 42.5 Å². The smallest absolute Gasteiger partial charge is 0.306 e. The molecule has 0 spiro atoms. The van der Waals surface area contributed by atoms with E-state index in [0.717, 1.165) is 42.4 Å². The van der Waals surface area contributed by atoms with Crippen molar-refractivity contribution in [2.24, 2.45) is 5.92 Å². The van der Waals surface area contributed by atoms with Crippen molar-refractivity contribution in [3.8, 4) is 17.2 Å². The first-order chi connectivity index (χ1) is 12.2. The highest BCUT2D eigenvalue weighted by Gasteiger charge is 2.17. The average molecular weight is 335 g/mol. The molecule has 3 heteroatoms. The van der Waals surface area contributed by atoms with Crippen molar-refractivity contribution < 1.29 is 9.90 Å². The summed E-state index contributed by atoms with van der Waals surface area (Å²) in [5, 5.41) is 18.7. The summed E-state index contributed by atoms with van der Waals surface area (Å²) in [6.07, 6.45) is 5.68. The predicted molar refractivity (Wildman–Crippen MR) is 100 cm³/mol. The van der Waals surface area contributed by atoms with Crippen LogP contribution in [0.15, 0.2) is 48.5 Å². The standard InChI is InChI=1S/C22H25NO2/c1-2-3-4-5-8-19(22(24)25)15-17-11-13-18(14-12-17)21-10-7-6-9-20(21)16-23/h6-7,9-14,19H,2-5,8,15H2,1H3,(H,24,25). The number of carboxylic acids is 1. The largest absolute Gasteiger partial charge is 0.481 e. The second-order valence-electron chi connectivity index (χ2n) is 6.44. The van der Waals surface area contributed by atoms with Crippen LogP contribution in [0.4, 0.5) is 0 Å². The number of aliphatic carboxylic acids is 1. The Balaban J connectivity index is 2.05. The van der Waals surface area contributed by atoms with Crippen LogP contribution in [0.3, 0.4) is 0 Å². The van der Waals surface area contributed by atoms with Gasteiger partial charge in [-0.25, -0.2) is 0 Å². The van der Waals surface area contributed by atoms with Gasteiger partial charge in [-0.05, 0) is 35.6 Å². The van der Waals surface area contributed by atoms with Crippen molar-refractivity contribution in [2.45, 2.75) is 45.4 Å². The third-order valence-corrected chi connectivity index (χ3v) is 4.55. The van der Waals surface area contributed by atoms with Gasteiger partial charge in [0.1, 0.15) is 0 Å². The number of benzene rings is 2. The van der Waals surface area contributed by atoms with Crippen LogP contribution >= 0.6 is 0 Å². The zero-order valence-corrected chi connectivity index (χ0v) is 14.7. The van der Waals surface area contributed by atoms with Crippen molar-refractivity contribution in [2.75, 3.05) is 0 Å². The Morgan fingerprint density at radius 3 is 2.44 bits per heavy atom. The van der Waals surface area contributed by atoms with E-state index in [9.17, 15) is 15.2 Å². The van der Waals surface area contributed by atoms with Crippen LogP contribution in [0, 0.1) is 17.2 Å². The molecule has 0 radical (unpaired) electrons. The quantitative estimate of drug-likeness (QED) is 0.621. The number of carboxylic acid groups (broad SMARTS) is 1. The second kappa shape index (κ2) is 9.64. The molecular weight excluding hydrogens is 310 g/mol. The molecule has 2 aromatic carbocycles. The summed E-state index contributed by atoms with van der Waals surface area (Å²) >= 11 is 0. The Kier molecular flexibility index (Phi) is 7.22. The fourth-order valence-corrected chi connectivity index (χ4v) is 3.07. The lowest BCUT2D eigenvalue weighted by Crippen LogP contribution is -2.16. The summed E-state index contributed by atoms with van der Waals surface area (Å²) in [5.74, 6) is -1.04. The maximum absolute atomic E-state index is 11.5. The van der Waals surface area contributed by atoms with Crippen molar-refractivity contribution in [1.82, 2.24) is 0 Å². The summed E-state index contributed by atoms with van der Waals surface area (Å²) in [5.41, 5.74) is 3.57. The topological polar surface area (TPSA) is 61.1 Å². The van der Waals surface area contributed by atoms with Crippen LogP contribution in [-0.4, -0.2) is 11.1 Å². The van der Waals surface area contributed by atoms with E-state index >= 15 is 0 Å². The number of hydrogen-bond acceptors (Lipinski definition) is 2. The number of nitrogens with zero attached hydrogens (tertiary/aromatic N) is 1. The molecule has 0 fully saturated rings. The number of unbranched alkanes of at least 4 members (excludes halogenated alkanes) is 3. The van der Waals surface area contributed by atoms with E-state index < -0.39 is 5.97 Å². The molecule has 0 saturated heterocycles. The number of hydrogen-bond donors (Lipinski definition) is 1. The van der Waals surface area contributed by atoms with E-state index in [0.29, 0.717) is 12.0 Å². The third-order valence-electron chi connectivity index (χ3n) is 4.55. The molecule has 0 saturated carbocycles. The third kappa shape index (κ3) is 5.46. The lowest BCUT2D eigenvalue weighted by molar-refractivity contribution is -0.142. The van der Waals surface area contributed by atoms with Gasteiger partial charge in [-0.3, -0.25) is 4.79 Å². The monoisotopic (exact) mass is 335 g/mol. The van der Waals surface area contributed by atoms with E-state index in [1.165, 1.54) is 6.42 Å². The molecule has 1 atom stereocenters. The minimum Gasteiger partial charge on any atom is -0.481 e. The Hall–Kier alpha value is -2.60. The zero-order valence-electron chi connectivity index (χ0n) is 14.7. The van der Waals surface area contributed by atoms with Gasteiger partial charge >= 0.3 is 5.97 Å². The highest BCUT2D eigenvalue weighted by atomic mass is 16.4. The number of rotatable bonds is 9. The van der Waals surface area contributed by atoms with Crippen LogP contribution in [-0.2, 0) is 11.2 Å². The summed E-state index contributed by atoms with van der Waals surface area (Å²) < 4.78 is 0. The van der Waals surface area contributed by atoms with Gasteiger partial charge in [-0.2, -0.15) is 5.26 Å². The molecule has 130 valence electrons. The molecule has 1 N–H and O–H groups in total. The fourth-order valence-electron chi connectivity index (χ4n) is 3.07. The molecule has 25 heavy (non-hydrogen) atoms. The molecule has 2 rings (SSSR count). The highest BCUT2D eigenvalue weighted by molar-refractivity contribution is 5.72. The molecule has 2 aromatic rings. The minimum absolute atomic E-state index is 0.325.